The van der Waals surface area contributed by atoms with E-state index in [4.69, 9.17) is 42.2 Å². The number of ketones is 1. The molecule has 2 aliphatic rings. The second kappa shape index (κ2) is 21.0. The molecular formula is C40H48Cl4IN4OS2Ti+. The molecule has 1 fully saturated rings. The first-order valence-corrected chi connectivity index (χ1v) is 27.4. The van der Waals surface area contributed by atoms with Crippen LogP contribution in [0.1, 0.15) is 102 Å². The normalized spacial score (nSPS) is 14.1. The summed E-state index contributed by atoms with van der Waals surface area (Å²) in [5.74, 6) is 0.339. The van der Waals surface area contributed by atoms with Crippen molar-refractivity contribution in [3.8, 4) is 22.5 Å². The minimum absolute atomic E-state index is 0. The number of carbonyl (C=O) groups excluding carboxylic acids is 1. The Morgan fingerprint density at radius 2 is 1.26 bits per heavy atom. The molecule has 5 heterocycles. The van der Waals surface area contributed by atoms with Gasteiger partial charge in [-0.15, -0.1) is 47.9 Å². The summed E-state index contributed by atoms with van der Waals surface area (Å²) in [5, 5.41) is 0. The summed E-state index contributed by atoms with van der Waals surface area (Å²) >= 11 is 3.23. The number of hydrogen-bond acceptors (Lipinski definition) is 7. The Bertz CT molecular complexity index is 1940. The molecule has 5 aromatic rings. The van der Waals surface area contributed by atoms with Gasteiger partial charge in [-0.05, 0) is 102 Å². The number of hydrogen-bond donors (Lipinski definition) is 1. The van der Waals surface area contributed by atoms with Crippen LogP contribution in [0.3, 0.4) is 0 Å². The van der Waals surface area contributed by atoms with Crippen LogP contribution in [0, 0.1) is 6.42 Å². The number of rotatable bonds is 2. The van der Waals surface area contributed by atoms with Gasteiger partial charge in [-0.3, -0.25) is 19.9 Å². The molecular weight excluding hydrogens is 933 g/mol. The van der Waals surface area contributed by atoms with Crippen molar-refractivity contribution in [3.05, 3.63) is 95.4 Å². The molecule has 0 unspecified atom stereocenters. The second-order valence-corrected chi connectivity index (χ2v) is 31.9. The van der Waals surface area contributed by atoms with Crippen molar-refractivity contribution < 1.29 is 17.1 Å². The quantitative estimate of drug-likeness (QED) is 0.0826. The van der Waals surface area contributed by atoms with Crippen molar-refractivity contribution in [1.82, 2.24) is 19.9 Å². The first kappa shape index (κ1) is 46.4. The maximum atomic E-state index is 10.4. The molecule has 0 saturated heterocycles. The Hall–Kier alpha value is -0.946. The number of aryl methyl sites for hydroxylation is 2. The Morgan fingerprint density at radius 3 is 1.77 bits per heavy atom. The number of Topliss-reactive ketones (excluding diaryl/α,β-unsaturated/α-hetero) is 1. The van der Waals surface area contributed by atoms with Crippen molar-refractivity contribution in [2.24, 2.45) is 0 Å². The van der Waals surface area contributed by atoms with Gasteiger partial charge in [0.2, 0.25) is 0 Å². The van der Waals surface area contributed by atoms with Crippen molar-refractivity contribution >= 4 is 101 Å². The number of thiophene rings is 1. The van der Waals surface area contributed by atoms with Crippen molar-refractivity contribution in [3.63, 3.8) is 0 Å². The van der Waals surface area contributed by atoms with Gasteiger partial charge in [-0.25, -0.2) is 4.79 Å². The number of fused-ring (bicyclic) bond motifs is 3. The summed E-state index contributed by atoms with van der Waals surface area (Å²) < 4.78 is 1.32. The number of thiol groups is 1. The fraction of sp³-hybridized carbons (Fsp3) is 0.400. The Balaban J connectivity index is 0.000000220. The zero-order valence-corrected chi connectivity index (χ0v) is 39.7. The third-order valence-electron chi connectivity index (χ3n) is 8.69. The molecule has 1 saturated carbocycles. The third kappa shape index (κ3) is 14.8. The summed E-state index contributed by atoms with van der Waals surface area (Å²) in [6.07, 6.45) is 20.2. The van der Waals surface area contributed by atoms with E-state index >= 15 is 0 Å². The molecule has 13 heteroatoms. The van der Waals surface area contributed by atoms with E-state index in [1.165, 1.54) is 69.5 Å². The number of aromatic nitrogens is 4. The predicted molar refractivity (Wildman–Crippen MR) is 238 cm³/mol. The number of halogens is 5. The fourth-order valence-electron chi connectivity index (χ4n) is 5.83. The van der Waals surface area contributed by atoms with Gasteiger partial charge in [0.1, 0.15) is 6.42 Å². The van der Waals surface area contributed by atoms with E-state index < -0.39 is 12.3 Å². The molecule has 0 atom stereocenters. The first-order valence-electron chi connectivity index (χ1n) is 17.5. The van der Waals surface area contributed by atoms with E-state index in [0.29, 0.717) is 5.78 Å². The average Bonchev–Trinajstić information content (AvgIpc) is 3.47. The van der Waals surface area contributed by atoms with Crippen molar-refractivity contribution in [2.45, 2.75) is 109 Å². The van der Waals surface area contributed by atoms with Crippen LogP contribution in [-0.2, 0) is 40.8 Å². The van der Waals surface area contributed by atoms with Crippen LogP contribution in [0.4, 0.5) is 0 Å². The van der Waals surface area contributed by atoms with Gasteiger partial charge in [0, 0.05) is 51.9 Å². The summed E-state index contributed by atoms with van der Waals surface area (Å²) in [6.45, 7) is 13.3. The summed E-state index contributed by atoms with van der Waals surface area (Å²) in [7, 11) is 20.1. The van der Waals surface area contributed by atoms with Crippen LogP contribution in [0.5, 0.6) is 0 Å². The van der Waals surface area contributed by atoms with Gasteiger partial charge in [0.15, 0.2) is 0 Å². The Labute approximate surface area is 361 Å². The van der Waals surface area contributed by atoms with Crippen LogP contribution in [-0.4, -0.2) is 25.7 Å². The molecule has 0 spiro atoms. The van der Waals surface area contributed by atoms with E-state index in [1.54, 1.807) is 18.8 Å². The van der Waals surface area contributed by atoms with E-state index in [9.17, 15) is 4.79 Å². The Morgan fingerprint density at radius 1 is 0.736 bits per heavy atom. The van der Waals surface area contributed by atoms with Crippen LogP contribution in [0.15, 0.2) is 72.3 Å². The van der Waals surface area contributed by atoms with Crippen molar-refractivity contribution in [2.75, 3.05) is 0 Å². The predicted octanol–water partition coefficient (Wildman–Crippen LogP) is 14.0. The molecule has 7 rings (SSSR count). The molecule has 0 aromatic carbocycles. The van der Waals surface area contributed by atoms with Gasteiger partial charge >= 0.3 is 55.3 Å². The third-order valence-corrected chi connectivity index (χ3v) is 10.4. The van der Waals surface area contributed by atoms with E-state index in [2.05, 4.69) is 99.5 Å². The number of nitrogens with zero attached hydrogens (tertiary/aromatic N) is 4. The monoisotopic (exact) mass is 979 g/mol. The van der Waals surface area contributed by atoms with Gasteiger partial charge in [-0.2, -0.15) is 0 Å². The van der Waals surface area contributed by atoms with Crippen LogP contribution >= 0.6 is 85.2 Å². The fourth-order valence-corrected chi connectivity index (χ4v) is 7.46. The van der Waals surface area contributed by atoms with Gasteiger partial charge in [0.05, 0.1) is 34.4 Å². The van der Waals surface area contributed by atoms with E-state index in [-0.39, 0.29) is 34.8 Å². The Kier molecular flexibility index (Phi) is 18.4. The molecule has 2 aliphatic carbocycles. The summed E-state index contributed by atoms with van der Waals surface area (Å²) in [5.41, 5.74) is 9.85. The zero-order chi connectivity index (χ0) is 38.1. The standard InChI is InChI=1S/C20H22N2S.C14H16N2S.C6H9O.4ClH.HI.Ti/c1-20(2,3)13-8-10-21-16(12-13)14-9-11-22-18-15-6-4-5-7-17(15)23-19(14)18;1-14(2,3)10-4-7-16-12(8-10)11-5-6-15-9-13(11)17;7-6-4-2-1-3-5-6;;;;;;/h8-12H,4-7H2,1-3H3;4-9,17H,1-3H3;4H,1-3,5H2;5*1H;/q;;+1;;;;;;+4/p-4. The average molecular weight is 982 g/mol. The molecule has 0 aliphatic heterocycles. The topological polar surface area (TPSA) is 68.6 Å². The second-order valence-electron chi connectivity index (χ2n) is 14.8. The summed E-state index contributed by atoms with van der Waals surface area (Å²) in [6, 6.07) is 12.6. The summed E-state index contributed by atoms with van der Waals surface area (Å²) in [4.78, 5) is 30.6. The molecule has 0 bridgehead atoms. The van der Waals surface area contributed by atoms with E-state index in [1.807, 2.05) is 36.0 Å². The molecule has 0 amide bonds. The maximum absolute atomic E-state index is 10.4. The van der Waals surface area contributed by atoms with Gasteiger partial charge < -0.3 is 0 Å². The molecule has 0 radical (unpaired) electrons. The molecule has 5 nitrogen and oxygen atoms in total. The van der Waals surface area contributed by atoms with Crippen LogP contribution < -0.4 is 0 Å². The molecule has 284 valence electrons. The van der Waals surface area contributed by atoms with Gasteiger partial charge in [-0.1, -0.05) is 41.5 Å². The van der Waals surface area contributed by atoms with Crippen LogP contribution in [0.25, 0.3) is 32.7 Å². The molecule has 53 heavy (non-hydrogen) atoms. The molecule has 5 aromatic heterocycles. The minimum atomic E-state index is -3.11. The number of carbonyl (C=O) groups is 1. The number of pyridine rings is 4. The SMILES string of the molecule is CC(C)(C)c1ccnc(-c2ccnc3c4c(sc23)CCCC4)c1.CC(C)(C)c1ccnc(-c2ccncc2S)c1.I.O=C1[CH+]CCCC1.[Cl][Ti]([Cl])([Cl])[Cl]. The van der Waals surface area contributed by atoms with Gasteiger partial charge in [0.25, 0.3) is 0 Å². The molecule has 0 N–H and O–H groups in total. The van der Waals surface area contributed by atoms with Crippen LogP contribution in [0.2, 0.25) is 0 Å². The zero-order valence-electron chi connectivity index (χ0n) is 31.1. The van der Waals surface area contributed by atoms with E-state index in [0.717, 1.165) is 41.1 Å². The first-order chi connectivity index (χ1) is 24.4. The van der Waals surface area contributed by atoms with Crippen molar-refractivity contribution in [1.29, 1.82) is 0 Å².